The average Bonchev–Trinajstić information content (AvgIpc) is 3.68. The molecule has 5 aliphatic rings. The molecule has 59 heavy (non-hydrogen) atoms. The molecule has 4 aromatic rings. The van der Waals surface area contributed by atoms with Crippen molar-refractivity contribution in [1.82, 2.24) is 19.4 Å². The van der Waals surface area contributed by atoms with Gasteiger partial charge < -0.3 is 38.7 Å². The second-order valence-corrected chi connectivity index (χ2v) is 18.9. The van der Waals surface area contributed by atoms with Crippen LogP contribution in [-0.2, 0) is 54.0 Å². The van der Waals surface area contributed by atoms with Gasteiger partial charge in [0.25, 0.3) is 5.91 Å². The summed E-state index contributed by atoms with van der Waals surface area (Å²) in [5.74, 6) is 2.12. The first kappa shape index (κ1) is 41.4. The highest BCUT2D eigenvalue weighted by Gasteiger charge is 2.33. The van der Waals surface area contributed by atoms with Gasteiger partial charge in [0, 0.05) is 98.4 Å². The van der Waals surface area contributed by atoms with Crippen molar-refractivity contribution in [3.63, 3.8) is 0 Å². The molecule has 2 aromatic heterocycles. The van der Waals surface area contributed by atoms with Gasteiger partial charge in [-0.15, -0.1) is 0 Å². The highest BCUT2D eigenvalue weighted by Crippen LogP contribution is 2.41. The number of aromatic carboxylic acids is 1. The van der Waals surface area contributed by atoms with Gasteiger partial charge in [-0.25, -0.2) is 9.59 Å². The van der Waals surface area contributed by atoms with Crippen molar-refractivity contribution in [3.8, 4) is 0 Å². The number of carbonyl (C=O) groups is 3. The molecule has 0 bridgehead atoms. The molecule has 3 aliphatic heterocycles. The molecule has 0 spiro atoms. The van der Waals surface area contributed by atoms with Crippen LogP contribution in [0.15, 0.2) is 36.4 Å². The molecule has 3 saturated heterocycles. The van der Waals surface area contributed by atoms with Gasteiger partial charge in [-0.2, -0.15) is 0 Å². The number of piperidine rings is 1. The van der Waals surface area contributed by atoms with Crippen molar-refractivity contribution < 1.29 is 33.7 Å². The van der Waals surface area contributed by atoms with E-state index in [1.165, 1.54) is 71.9 Å². The number of alkyl carbamates (subject to hydrolysis) is 1. The lowest BCUT2D eigenvalue weighted by atomic mass is 9.75. The van der Waals surface area contributed by atoms with Gasteiger partial charge in [0.05, 0.1) is 5.56 Å². The first-order valence-corrected chi connectivity index (χ1v) is 22.2. The Balaban J connectivity index is 0.000000180. The summed E-state index contributed by atoms with van der Waals surface area (Å²) in [6, 6.07) is 11.6. The number of aryl methyl sites for hydroxylation is 2. The number of hydrogen-bond donors (Lipinski definition) is 2. The lowest BCUT2D eigenvalue weighted by Gasteiger charge is -2.34. The number of fused-ring (bicyclic) bond motifs is 6. The number of amides is 2. The van der Waals surface area contributed by atoms with Crippen LogP contribution in [0.4, 0.5) is 4.79 Å². The van der Waals surface area contributed by atoms with Gasteiger partial charge in [-0.05, 0) is 169 Å². The quantitative estimate of drug-likeness (QED) is 0.208. The highest BCUT2D eigenvalue weighted by atomic mass is 16.6. The summed E-state index contributed by atoms with van der Waals surface area (Å²) < 4.78 is 21.1. The molecule has 0 saturated carbocycles. The zero-order chi connectivity index (χ0) is 41.4. The maximum atomic E-state index is 13.6. The number of hydrogen-bond acceptors (Lipinski definition) is 6. The number of carbonyl (C=O) groups excluding carboxylic acids is 2. The molecule has 2 aliphatic carbocycles. The zero-order valence-corrected chi connectivity index (χ0v) is 35.8. The maximum absolute atomic E-state index is 13.6. The number of carboxylic acids is 1. The smallest absolute Gasteiger partial charge is 0.407 e. The predicted octanol–water partition coefficient (Wildman–Crippen LogP) is 8.25. The normalized spacial score (nSPS) is 22.9. The Bertz CT molecular complexity index is 2180. The summed E-state index contributed by atoms with van der Waals surface area (Å²) in [7, 11) is 4.27. The van der Waals surface area contributed by atoms with E-state index in [1.807, 2.05) is 43.9 Å². The molecule has 2 aromatic carbocycles. The molecule has 2 amide bonds. The number of nitrogens with zero attached hydrogens (tertiary/aromatic N) is 3. The van der Waals surface area contributed by atoms with Crippen molar-refractivity contribution in [2.75, 3.05) is 39.5 Å². The summed E-state index contributed by atoms with van der Waals surface area (Å²) in [6.07, 6.45) is 12.9. The van der Waals surface area contributed by atoms with Crippen molar-refractivity contribution in [3.05, 3.63) is 70.0 Å². The molecular weight excluding hydrogens is 745 g/mol. The fourth-order valence-corrected chi connectivity index (χ4v) is 11.0. The van der Waals surface area contributed by atoms with Crippen LogP contribution in [0.3, 0.4) is 0 Å². The van der Waals surface area contributed by atoms with E-state index in [0.717, 1.165) is 93.3 Å². The summed E-state index contributed by atoms with van der Waals surface area (Å²) in [6.45, 7) is 10.4. The maximum Gasteiger partial charge on any atom is 0.407 e. The standard InChI is InChI=1S/C29H41N3O4.C19H23NO3/c1-29(2,3)36-28(34)30-22-6-5-13-32(18-22)27(33)21-8-10-26-24(17-21)23-16-20(7-9-25(23)31(26)4)19-11-14-35-15-12-19;1-20-17-4-2-13(12-6-8-23-9-7-12)10-15(17)16-11-14(19(21)22)3-5-18(16)20/h8,10,17,19-20,22H,5-7,9,11-16,18H2,1-4H3,(H,30,34);3,5,11-13H,2,4,6-10H2,1H3,(H,21,22). The van der Waals surface area contributed by atoms with Crippen LogP contribution in [0.25, 0.3) is 21.8 Å². The molecule has 11 nitrogen and oxygen atoms in total. The van der Waals surface area contributed by atoms with Gasteiger partial charge in [-0.1, -0.05) is 0 Å². The summed E-state index contributed by atoms with van der Waals surface area (Å²) in [5, 5.41) is 14.6. The van der Waals surface area contributed by atoms with E-state index >= 15 is 0 Å². The van der Waals surface area contributed by atoms with Crippen molar-refractivity contribution in [2.24, 2.45) is 37.8 Å². The minimum absolute atomic E-state index is 0.0435. The Labute approximate surface area is 348 Å². The third-order valence-corrected chi connectivity index (χ3v) is 14.1. The monoisotopic (exact) mass is 808 g/mol. The molecule has 0 radical (unpaired) electrons. The number of rotatable bonds is 5. The topological polar surface area (TPSA) is 124 Å². The zero-order valence-electron chi connectivity index (χ0n) is 35.8. The van der Waals surface area contributed by atoms with Crippen LogP contribution in [0.5, 0.6) is 0 Å². The molecular formula is C48H64N4O7. The van der Waals surface area contributed by atoms with Crippen LogP contribution in [0.2, 0.25) is 0 Å². The van der Waals surface area contributed by atoms with Gasteiger partial charge in [0.15, 0.2) is 0 Å². The van der Waals surface area contributed by atoms with Gasteiger partial charge >= 0.3 is 12.1 Å². The number of carboxylic acid groups (broad SMARTS) is 1. The van der Waals surface area contributed by atoms with Gasteiger partial charge in [-0.3, -0.25) is 4.79 Å². The van der Waals surface area contributed by atoms with Crippen LogP contribution in [-0.4, -0.2) is 88.3 Å². The van der Waals surface area contributed by atoms with E-state index in [2.05, 4.69) is 40.7 Å². The molecule has 9 rings (SSSR count). The molecule has 3 fully saturated rings. The first-order valence-electron chi connectivity index (χ1n) is 22.2. The number of likely N-dealkylation sites (tertiary alicyclic amines) is 1. The van der Waals surface area contributed by atoms with Crippen LogP contribution in [0, 0.1) is 23.7 Å². The Kier molecular flexibility index (Phi) is 12.2. The van der Waals surface area contributed by atoms with E-state index < -0.39 is 17.7 Å². The SMILES string of the molecule is Cn1c2c(c3cc(C(=O)N4CCCC(NC(=O)OC(C)(C)C)C4)ccc31)CC(C1CCOCC1)CC2.Cn1c2c(c3cc(C(=O)O)ccc31)CC(C1CCOCC1)CC2. The highest BCUT2D eigenvalue weighted by molar-refractivity contribution is 5.99. The van der Waals surface area contributed by atoms with E-state index in [1.54, 1.807) is 6.07 Å². The number of nitrogens with one attached hydrogen (secondary N) is 1. The van der Waals surface area contributed by atoms with E-state index in [0.29, 0.717) is 30.5 Å². The van der Waals surface area contributed by atoms with Crippen molar-refractivity contribution in [1.29, 1.82) is 0 Å². The Morgan fingerprint density at radius 3 is 1.73 bits per heavy atom. The van der Waals surface area contributed by atoms with Gasteiger partial charge in [0.1, 0.15) is 5.60 Å². The molecule has 318 valence electrons. The van der Waals surface area contributed by atoms with E-state index in [4.69, 9.17) is 14.2 Å². The molecule has 5 heterocycles. The predicted molar refractivity (Wildman–Crippen MR) is 229 cm³/mol. The molecule has 3 atom stereocenters. The summed E-state index contributed by atoms with van der Waals surface area (Å²) >= 11 is 0. The van der Waals surface area contributed by atoms with E-state index in [9.17, 15) is 19.5 Å². The Morgan fingerprint density at radius 1 is 0.712 bits per heavy atom. The van der Waals surface area contributed by atoms with Crippen molar-refractivity contribution in [2.45, 2.75) is 109 Å². The average molecular weight is 809 g/mol. The van der Waals surface area contributed by atoms with Crippen LogP contribution in [0.1, 0.15) is 115 Å². The van der Waals surface area contributed by atoms with Crippen LogP contribution >= 0.6 is 0 Å². The molecule has 2 N–H and O–H groups in total. The molecule has 11 heteroatoms. The minimum Gasteiger partial charge on any atom is -0.478 e. The lowest BCUT2D eigenvalue weighted by molar-refractivity contribution is 0.0438. The fourth-order valence-electron chi connectivity index (χ4n) is 11.0. The Morgan fingerprint density at radius 2 is 1.22 bits per heavy atom. The van der Waals surface area contributed by atoms with Crippen LogP contribution < -0.4 is 5.32 Å². The second-order valence-electron chi connectivity index (χ2n) is 18.9. The molecule has 3 unspecified atom stereocenters. The van der Waals surface area contributed by atoms with Gasteiger partial charge in [0.2, 0.25) is 0 Å². The second kappa shape index (κ2) is 17.3. The number of ether oxygens (including phenoxy) is 3. The lowest BCUT2D eigenvalue weighted by Crippen LogP contribution is -2.50. The van der Waals surface area contributed by atoms with Crippen molar-refractivity contribution >= 4 is 39.8 Å². The summed E-state index contributed by atoms with van der Waals surface area (Å²) in [4.78, 5) is 39.0. The fraction of sp³-hybridized carbons (Fsp3) is 0.604. The first-order chi connectivity index (χ1) is 28.3. The minimum atomic E-state index is -0.846. The third-order valence-electron chi connectivity index (χ3n) is 14.1. The van der Waals surface area contributed by atoms with E-state index in [-0.39, 0.29) is 11.9 Å². The Hall–Kier alpha value is -4.35. The third kappa shape index (κ3) is 8.92. The summed E-state index contributed by atoms with van der Waals surface area (Å²) in [5.41, 5.74) is 8.60. The number of aromatic nitrogens is 2. The largest absolute Gasteiger partial charge is 0.478 e. The number of benzene rings is 2.